The van der Waals surface area contributed by atoms with Crippen LogP contribution in [0.2, 0.25) is 0 Å². The van der Waals surface area contributed by atoms with Gasteiger partial charge in [-0.2, -0.15) is 8.42 Å². The highest BCUT2D eigenvalue weighted by Gasteiger charge is 2.17. The summed E-state index contributed by atoms with van der Waals surface area (Å²) in [6, 6.07) is 16.3. The fraction of sp³-hybridized carbons (Fsp3) is 0.0455. The van der Waals surface area contributed by atoms with Gasteiger partial charge in [-0.15, -0.1) is 0 Å². The second-order valence-corrected chi connectivity index (χ2v) is 8.25. The Morgan fingerprint density at radius 3 is 1.88 bits per heavy atom. The van der Waals surface area contributed by atoms with Gasteiger partial charge in [0.05, 0.1) is 22.6 Å². The quantitative estimate of drug-likeness (QED) is 0.335. The minimum Gasteiger partial charge on any atom is -0.507 e. The average molecular weight is 451 g/mol. The van der Waals surface area contributed by atoms with E-state index in [-0.39, 0.29) is 46.0 Å². The number of aromatic nitrogens is 3. The lowest BCUT2D eigenvalue weighted by Crippen LogP contribution is -2.01. The van der Waals surface area contributed by atoms with Crippen LogP contribution in [-0.4, -0.2) is 43.2 Å². The zero-order valence-corrected chi connectivity index (χ0v) is 17.2. The molecule has 0 unspecified atom stereocenters. The third-order valence-electron chi connectivity index (χ3n) is 4.68. The molecule has 0 saturated carbocycles. The summed E-state index contributed by atoms with van der Waals surface area (Å²) in [5, 5.41) is 30.0. The first-order chi connectivity index (χ1) is 15.3. The van der Waals surface area contributed by atoms with E-state index >= 15 is 0 Å². The van der Waals surface area contributed by atoms with Gasteiger partial charge in [0.2, 0.25) is 0 Å². The maximum atomic E-state index is 11.3. The van der Waals surface area contributed by atoms with Gasteiger partial charge < -0.3 is 15.3 Å². The number of hydrogen-bond donors (Lipinski definition) is 4. The molecule has 10 heteroatoms. The van der Waals surface area contributed by atoms with E-state index in [1.165, 1.54) is 36.4 Å². The monoisotopic (exact) mass is 451 g/mol. The minimum absolute atomic E-state index is 0.0582. The Balaban J connectivity index is 1.91. The fourth-order valence-corrected chi connectivity index (χ4v) is 3.53. The van der Waals surface area contributed by atoms with Crippen LogP contribution >= 0.6 is 0 Å². The van der Waals surface area contributed by atoms with Crippen molar-refractivity contribution in [3.8, 4) is 45.7 Å². The van der Waals surface area contributed by atoms with Crippen LogP contribution in [0.5, 0.6) is 11.5 Å². The molecule has 0 saturated heterocycles. The van der Waals surface area contributed by atoms with Crippen LogP contribution in [-0.2, 0) is 16.7 Å². The highest BCUT2D eigenvalue weighted by molar-refractivity contribution is 7.85. The van der Waals surface area contributed by atoms with Gasteiger partial charge in [0, 0.05) is 5.56 Å². The molecule has 0 atom stereocenters. The molecule has 3 aromatic carbocycles. The van der Waals surface area contributed by atoms with E-state index in [0.717, 1.165) is 0 Å². The first-order valence-corrected chi connectivity index (χ1v) is 10.8. The summed E-state index contributed by atoms with van der Waals surface area (Å²) in [4.78, 5) is 12.9. The van der Waals surface area contributed by atoms with E-state index in [9.17, 15) is 28.3 Å². The second kappa shape index (κ2) is 8.35. The molecule has 32 heavy (non-hydrogen) atoms. The summed E-state index contributed by atoms with van der Waals surface area (Å²) in [6.07, 6.45) is 0. The lowest BCUT2D eigenvalue weighted by Gasteiger charge is -2.11. The van der Waals surface area contributed by atoms with Gasteiger partial charge in [-0.1, -0.05) is 18.2 Å². The van der Waals surface area contributed by atoms with E-state index in [1.807, 2.05) is 0 Å². The van der Waals surface area contributed by atoms with Gasteiger partial charge >= 0.3 is 0 Å². The number of para-hydroxylation sites is 1. The van der Waals surface area contributed by atoms with Crippen molar-refractivity contribution in [1.82, 2.24) is 15.0 Å². The molecule has 1 heterocycles. The van der Waals surface area contributed by atoms with Crippen molar-refractivity contribution in [2.45, 2.75) is 11.5 Å². The van der Waals surface area contributed by atoms with Gasteiger partial charge in [0.25, 0.3) is 10.1 Å². The minimum atomic E-state index is -4.36. The Morgan fingerprint density at radius 2 is 1.31 bits per heavy atom. The number of phenolic OH excluding ortho intramolecular Hbond substituents is 2. The number of hydrogen-bond acceptors (Lipinski definition) is 8. The Hall–Kier alpha value is -3.86. The summed E-state index contributed by atoms with van der Waals surface area (Å²) in [6.45, 7) is -0.250. The summed E-state index contributed by atoms with van der Waals surface area (Å²) in [7, 11) is -4.36. The summed E-state index contributed by atoms with van der Waals surface area (Å²) in [5.41, 5.74) is 1.53. The molecular weight excluding hydrogens is 434 g/mol. The van der Waals surface area contributed by atoms with Crippen molar-refractivity contribution in [2.75, 3.05) is 0 Å². The predicted molar refractivity (Wildman–Crippen MR) is 115 cm³/mol. The molecular formula is C22H17N3O6S. The fourth-order valence-electron chi connectivity index (χ4n) is 3.05. The van der Waals surface area contributed by atoms with Crippen LogP contribution in [0.1, 0.15) is 5.56 Å². The Kier molecular flexibility index (Phi) is 5.57. The standard InChI is InChI=1S/C22H17N3O6S/c26-12-13-5-10-17(19(28)11-13)22-24-20(14-6-8-15(9-7-14)32(29,30)31)23-21(25-22)16-3-1-2-4-18(16)27/h1-11,26-28H,12H2,(H,29,30,31). The van der Waals surface area contributed by atoms with Crippen LogP contribution in [0.4, 0.5) is 0 Å². The van der Waals surface area contributed by atoms with Crippen LogP contribution in [0, 0.1) is 0 Å². The van der Waals surface area contributed by atoms with E-state index in [2.05, 4.69) is 15.0 Å². The molecule has 0 bridgehead atoms. The van der Waals surface area contributed by atoms with Crippen molar-refractivity contribution < 1.29 is 28.3 Å². The zero-order valence-electron chi connectivity index (χ0n) is 16.4. The summed E-state index contributed by atoms with van der Waals surface area (Å²) >= 11 is 0. The SMILES string of the molecule is O=S(=O)(O)c1ccc(-c2nc(-c3ccccc3O)nc(-c3ccc(CO)cc3O)n2)cc1. The van der Waals surface area contributed by atoms with Gasteiger partial charge in [-0.3, -0.25) is 4.55 Å². The maximum Gasteiger partial charge on any atom is 0.294 e. The molecule has 0 spiro atoms. The molecule has 9 nitrogen and oxygen atoms in total. The van der Waals surface area contributed by atoms with Crippen molar-refractivity contribution in [1.29, 1.82) is 0 Å². The van der Waals surface area contributed by atoms with E-state index in [1.54, 1.807) is 30.3 Å². The van der Waals surface area contributed by atoms with Crippen molar-refractivity contribution in [2.24, 2.45) is 0 Å². The number of aromatic hydroxyl groups is 2. The number of aliphatic hydroxyl groups is 1. The van der Waals surface area contributed by atoms with Crippen molar-refractivity contribution in [3.63, 3.8) is 0 Å². The predicted octanol–water partition coefficient (Wildman–Crippen LogP) is 3.02. The van der Waals surface area contributed by atoms with E-state index in [4.69, 9.17) is 0 Å². The largest absolute Gasteiger partial charge is 0.507 e. The number of phenols is 2. The number of rotatable bonds is 5. The Bertz CT molecular complexity index is 1410. The molecule has 0 radical (unpaired) electrons. The molecule has 0 aliphatic rings. The van der Waals surface area contributed by atoms with E-state index in [0.29, 0.717) is 16.7 Å². The molecule has 1 aromatic heterocycles. The summed E-state index contributed by atoms with van der Waals surface area (Å²) in [5.74, 6) is 0.179. The maximum absolute atomic E-state index is 11.3. The molecule has 0 fully saturated rings. The third-order valence-corrected chi connectivity index (χ3v) is 5.54. The number of benzene rings is 3. The van der Waals surface area contributed by atoms with Crippen molar-refractivity contribution in [3.05, 3.63) is 72.3 Å². The molecule has 0 aliphatic carbocycles. The van der Waals surface area contributed by atoms with Crippen LogP contribution in [0.25, 0.3) is 34.2 Å². The molecule has 4 N–H and O–H groups in total. The average Bonchev–Trinajstić information content (AvgIpc) is 2.78. The first kappa shape index (κ1) is 21.4. The molecule has 4 rings (SSSR count). The summed E-state index contributed by atoms with van der Waals surface area (Å²) < 4.78 is 31.9. The zero-order chi connectivity index (χ0) is 22.9. The molecule has 162 valence electrons. The van der Waals surface area contributed by atoms with Gasteiger partial charge in [-0.05, 0) is 54.1 Å². The normalized spacial score (nSPS) is 11.4. The first-order valence-electron chi connectivity index (χ1n) is 9.32. The highest BCUT2D eigenvalue weighted by atomic mass is 32.2. The van der Waals surface area contributed by atoms with E-state index < -0.39 is 10.1 Å². The van der Waals surface area contributed by atoms with Crippen LogP contribution < -0.4 is 0 Å². The lowest BCUT2D eigenvalue weighted by atomic mass is 10.1. The Morgan fingerprint density at radius 1 is 0.719 bits per heavy atom. The molecule has 4 aromatic rings. The topological polar surface area (TPSA) is 154 Å². The smallest absolute Gasteiger partial charge is 0.294 e. The number of aliphatic hydroxyl groups excluding tert-OH is 1. The lowest BCUT2D eigenvalue weighted by molar-refractivity contribution is 0.281. The van der Waals surface area contributed by atoms with Gasteiger partial charge in [0.1, 0.15) is 11.5 Å². The van der Waals surface area contributed by atoms with Gasteiger partial charge in [-0.25, -0.2) is 15.0 Å². The third kappa shape index (κ3) is 4.28. The second-order valence-electron chi connectivity index (χ2n) is 6.83. The van der Waals surface area contributed by atoms with Gasteiger partial charge in [0.15, 0.2) is 17.5 Å². The van der Waals surface area contributed by atoms with Crippen LogP contribution in [0.3, 0.4) is 0 Å². The highest BCUT2D eigenvalue weighted by Crippen LogP contribution is 2.33. The number of nitrogens with zero attached hydrogens (tertiary/aromatic N) is 3. The van der Waals surface area contributed by atoms with Crippen LogP contribution in [0.15, 0.2) is 71.6 Å². The Labute approximate surface area is 183 Å². The van der Waals surface area contributed by atoms with Crippen molar-refractivity contribution >= 4 is 10.1 Å². The molecule has 0 amide bonds. The molecule has 0 aliphatic heterocycles.